The largest absolute Gasteiger partial charge is 0.351 e. The minimum atomic E-state index is -0.592. The number of carbonyl (C=O) groups is 1. The summed E-state index contributed by atoms with van der Waals surface area (Å²) < 4.78 is 27.1. The first-order chi connectivity index (χ1) is 11.1. The van der Waals surface area contributed by atoms with Crippen molar-refractivity contribution in [2.24, 2.45) is 0 Å². The lowest BCUT2D eigenvalue weighted by molar-refractivity contribution is 0.0950. The molecular formula is C18H20F2N2O. The van der Waals surface area contributed by atoms with Crippen LogP contribution in [0.5, 0.6) is 0 Å². The zero-order chi connectivity index (χ0) is 16.7. The molecule has 2 aromatic carbocycles. The van der Waals surface area contributed by atoms with Gasteiger partial charge < -0.3 is 10.6 Å². The summed E-state index contributed by atoms with van der Waals surface area (Å²) in [5.41, 5.74) is 1.30. The van der Waals surface area contributed by atoms with Gasteiger partial charge in [-0.1, -0.05) is 25.1 Å². The Hall–Kier alpha value is -2.27. The molecule has 1 amide bonds. The molecule has 0 saturated carbocycles. The molecule has 0 atom stereocenters. The van der Waals surface area contributed by atoms with E-state index in [1.54, 1.807) is 18.2 Å². The molecule has 0 fully saturated rings. The van der Waals surface area contributed by atoms with E-state index in [9.17, 15) is 13.6 Å². The summed E-state index contributed by atoms with van der Waals surface area (Å²) in [6.07, 6.45) is 1.02. The first kappa shape index (κ1) is 17.1. The lowest BCUT2D eigenvalue weighted by atomic mass is 10.0. The monoisotopic (exact) mass is 318 g/mol. The van der Waals surface area contributed by atoms with Crippen LogP contribution in [0.4, 0.5) is 8.78 Å². The highest BCUT2D eigenvalue weighted by Crippen LogP contribution is 2.22. The van der Waals surface area contributed by atoms with Gasteiger partial charge in [0.25, 0.3) is 5.91 Å². The zero-order valence-electron chi connectivity index (χ0n) is 13.0. The van der Waals surface area contributed by atoms with Crippen molar-refractivity contribution in [3.05, 3.63) is 59.7 Å². The van der Waals surface area contributed by atoms with Crippen molar-refractivity contribution in [2.75, 3.05) is 19.6 Å². The number of nitrogens with one attached hydrogen (secondary N) is 2. The molecule has 0 aliphatic heterocycles. The van der Waals surface area contributed by atoms with Crippen molar-refractivity contribution in [1.29, 1.82) is 0 Å². The summed E-state index contributed by atoms with van der Waals surface area (Å²) in [6, 6.07) is 10.2. The van der Waals surface area contributed by atoms with Crippen LogP contribution in [-0.4, -0.2) is 25.5 Å². The van der Waals surface area contributed by atoms with Crippen molar-refractivity contribution in [3.8, 4) is 11.1 Å². The van der Waals surface area contributed by atoms with Gasteiger partial charge in [0.15, 0.2) is 0 Å². The molecule has 3 nitrogen and oxygen atoms in total. The quantitative estimate of drug-likeness (QED) is 0.769. The molecule has 0 bridgehead atoms. The Bertz CT molecular complexity index is 657. The summed E-state index contributed by atoms with van der Waals surface area (Å²) in [7, 11) is 0. The SMILES string of the molecule is CCCNCCNC(=O)c1ccc(-c2ccc(F)cc2)cc1F. The number of halogens is 2. The molecule has 0 unspecified atom stereocenters. The van der Waals surface area contributed by atoms with E-state index in [0.29, 0.717) is 24.2 Å². The normalized spacial score (nSPS) is 10.6. The molecule has 2 N–H and O–H groups in total. The Kier molecular flexibility index (Phi) is 6.23. The Morgan fingerprint density at radius 2 is 1.65 bits per heavy atom. The number of amides is 1. The molecule has 23 heavy (non-hydrogen) atoms. The maximum absolute atomic E-state index is 14.1. The number of carbonyl (C=O) groups excluding carboxylic acids is 1. The van der Waals surface area contributed by atoms with Crippen LogP contribution in [0.3, 0.4) is 0 Å². The van der Waals surface area contributed by atoms with E-state index in [2.05, 4.69) is 17.6 Å². The number of hydrogen-bond acceptors (Lipinski definition) is 2. The van der Waals surface area contributed by atoms with Gasteiger partial charge in [-0.25, -0.2) is 8.78 Å². The van der Waals surface area contributed by atoms with Crippen LogP contribution >= 0.6 is 0 Å². The van der Waals surface area contributed by atoms with Crippen molar-refractivity contribution < 1.29 is 13.6 Å². The van der Waals surface area contributed by atoms with Gasteiger partial charge in [0.05, 0.1) is 5.56 Å². The summed E-state index contributed by atoms with van der Waals surface area (Å²) >= 11 is 0. The van der Waals surface area contributed by atoms with E-state index < -0.39 is 11.7 Å². The third-order valence-electron chi connectivity index (χ3n) is 3.41. The molecule has 2 aromatic rings. The summed E-state index contributed by atoms with van der Waals surface area (Å²) in [6.45, 7) is 4.03. The number of hydrogen-bond donors (Lipinski definition) is 2. The van der Waals surface area contributed by atoms with Gasteiger partial charge in [0.1, 0.15) is 11.6 Å². The Labute approximate surface area is 134 Å². The highest BCUT2D eigenvalue weighted by molar-refractivity contribution is 5.95. The summed E-state index contributed by atoms with van der Waals surface area (Å²) in [5.74, 6) is -1.38. The second-order valence-corrected chi connectivity index (χ2v) is 5.21. The molecule has 2 rings (SSSR count). The van der Waals surface area contributed by atoms with Crippen molar-refractivity contribution in [2.45, 2.75) is 13.3 Å². The van der Waals surface area contributed by atoms with Gasteiger partial charge in [-0.05, 0) is 48.4 Å². The van der Waals surface area contributed by atoms with Gasteiger partial charge in [-0.15, -0.1) is 0 Å². The average Bonchev–Trinajstić information content (AvgIpc) is 2.55. The van der Waals surface area contributed by atoms with E-state index in [1.807, 2.05) is 0 Å². The number of rotatable bonds is 7. The molecular weight excluding hydrogens is 298 g/mol. The van der Waals surface area contributed by atoms with Crippen LogP contribution in [0.1, 0.15) is 23.7 Å². The molecule has 0 heterocycles. The fourth-order valence-corrected chi connectivity index (χ4v) is 2.18. The van der Waals surface area contributed by atoms with E-state index in [1.165, 1.54) is 24.3 Å². The smallest absolute Gasteiger partial charge is 0.254 e. The molecule has 0 aliphatic carbocycles. The van der Waals surface area contributed by atoms with E-state index in [4.69, 9.17) is 0 Å². The van der Waals surface area contributed by atoms with Crippen LogP contribution in [0, 0.1) is 11.6 Å². The first-order valence-corrected chi connectivity index (χ1v) is 7.66. The predicted octanol–water partition coefficient (Wildman–Crippen LogP) is 3.36. The minimum absolute atomic E-state index is 0.00588. The first-order valence-electron chi connectivity index (χ1n) is 7.66. The molecule has 0 aromatic heterocycles. The Morgan fingerprint density at radius 1 is 0.957 bits per heavy atom. The second kappa shape index (κ2) is 8.39. The minimum Gasteiger partial charge on any atom is -0.351 e. The Balaban J connectivity index is 2.01. The third kappa shape index (κ3) is 4.86. The van der Waals surface area contributed by atoms with Crippen molar-refractivity contribution in [1.82, 2.24) is 10.6 Å². The third-order valence-corrected chi connectivity index (χ3v) is 3.41. The van der Waals surface area contributed by atoms with Crippen molar-refractivity contribution >= 4 is 5.91 Å². The van der Waals surface area contributed by atoms with Gasteiger partial charge in [-0.3, -0.25) is 4.79 Å². The fraction of sp³-hybridized carbons (Fsp3) is 0.278. The molecule has 122 valence electrons. The molecule has 0 radical (unpaired) electrons. The summed E-state index contributed by atoms with van der Waals surface area (Å²) in [4.78, 5) is 12.0. The van der Waals surface area contributed by atoms with Crippen LogP contribution < -0.4 is 10.6 Å². The highest BCUT2D eigenvalue weighted by atomic mass is 19.1. The molecule has 0 spiro atoms. The lowest BCUT2D eigenvalue weighted by Crippen LogP contribution is -2.32. The van der Waals surface area contributed by atoms with E-state index in [-0.39, 0.29) is 11.4 Å². The van der Waals surface area contributed by atoms with Gasteiger partial charge in [-0.2, -0.15) is 0 Å². The van der Waals surface area contributed by atoms with Gasteiger partial charge in [0.2, 0.25) is 0 Å². The topological polar surface area (TPSA) is 41.1 Å². The summed E-state index contributed by atoms with van der Waals surface area (Å²) in [5, 5.41) is 5.83. The van der Waals surface area contributed by atoms with Crippen LogP contribution in [0.25, 0.3) is 11.1 Å². The van der Waals surface area contributed by atoms with Gasteiger partial charge in [0, 0.05) is 13.1 Å². The second-order valence-electron chi connectivity index (χ2n) is 5.21. The Morgan fingerprint density at radius 3 is 2.30 bits per heavy atom. The van der Waals surface area contributed by atoms with Crippen molar-refractivity contribution in [3.63, 3.8) is 0 Å². The van der Waals surface area contributed by atoms with Crippen LogP contribution in [0.15, 0.2) is 42.5 Å². The van der Waals surface area contributed by atoms with Crippen LogP contribution in [-0.2, 0) is 0 Å². The van der Waals surface area contributed by atoms with Crippen LogP contribution in [0.2, 0.25) is 0 Å². The molecule has 0 aliphatic rings. The number of benzene rings is 2. The highest BCUT2D eigenvalue weighted by Gasteiger charge is 2.12. The predicted molar refractivity (Wildman–Crippen MR) is 87.3 cm³/mol. The maximum atomic E-state index is 14.1. The molecule has 0 saturated heterocycles. The standard InChI is InChI=1S/C18H20F2N2O/c1-2-9-21-10-11-22-18(23)16-8-5-14(12-17(16)20)13-3-6-15(19)7-4-13/h3-8,12,21H,2,9-11H2,1H3,(H,22,23). The van der Waals surface area contributed by atoms with Gasteiger partial charge >= 0.3 is 0 Å². The van der Waals surface area contributed by atoms with E-state index in [0.717, 1.165) is 13.0 Å². The zero-order valence-corrected chi connectivity index (χ0v) is 13.0. The molecule has 5 heteroatoms. The maximum Gasteiger partial charge on any atom is 0.254 e. The average molecular weight is 318 g/mol. The lowest BCUT2D eigenvalue weighted by Gasteiger charge is -2.08. The van der Waals surface area contributed by atoms with E-state index >= 15 is 0 Å². The fourth-order valence-electron chi connectivity index (χ4n) is 2.18.